The molecule has 16 heteroatoms. The fourth-order valence-corrected chi connectivity index (χ4v) is 3.29. The average Bonchev–Trinajstić information content (AvgIpc) is 2.33. The van der Waals surface area contributed by atoms with E-state index in [0.717, 1.165) is 0 Å². The topological polar surface area (TPSA) is 238 Å². The Bertz CT molecular complexity index is 663. The van der Waals surface area contributed by atoms with Gasteiger partial charge in [0, 0.05) is 0 Å². The van der Waals surface area contributed by atoms with E-state index >= 15 is 0 Å². The zero-order valence-electron chi connectivity index (χ0n) is 12.2. The van der Waals surface area contributed by atoms with Crippen molar-refractivity contribution in [1.29, 1.82) is 5.26 Å². The molecule has 0 heterocycles. The van der Waals surface area contributed by atoms with E-state index in [1.54, 1.807) is 6.07 Å². The Kier molecular flexibility index (Phi) is 8.36. The molecule has 142 valence electrons. The van der Waals surface area contributed by atoms with Crippen molar-refractivity contribution in [3.05, 3.63) is 0 Å². The Hall–Kier alpha value is -1.84. The summed E-state index contributed by atoms with van der Waals surface area (Å²) < 4.78 is 34.1. The summed E-state index contributed by atoms with van der Waals surface area (Å²) in [7, 11) is -11.4. The first-order valence-corrected chi connectivity index (χ1v) is 9.04. The van der Waals surface area contributed by atoms with Gasteiger partial charge in [-0.3, -0.25) is 14.1 Å². The maximum atomic E-state index is 11.6. The lowest BCUT2D eigenvalue weighted by molar-refractivity contribution is -0.170. The van der Waals surface area contributed by atoms with Crippen LogP contribution in [-0.4, -0.2) is 55.0 Å². The minimum absolute atomic E-state index is 0.272. The highest BCUT2D eigenvalue weighted by Gasteiger charge is 2.51. The van der Waals surface area contributed by atoms with Crippen LogP contribution in [0, 0.1) is 11.3 Å². The highest BCUT2D eigenvalue weighted by molar-refractivity contribution is 7.60. The summed E-state index contributed by atoms with van der Waals surface area (Å²) in [5.74, 6) is -5.51. The summed E-state index contributed by atoms with van der Waals surface area (Å²) in [5, 5.41) is 26.2. The maximum absolute atomic E-state index is 11.6. The zero-order valence-corrected chi connectivity index (χ0v) is 14.0. The van der Waals surface area contributed by atoms with Gasteiger partial charge in [0.25, 0.3) is 0 Å². The van der Waals surface area contributed by atoms with Gasteiger partial charge in [-0.05, 0) is 0 Å². The van der Waals surface area contributed by atoms with Gasteiger partial charge in [-0.25, -0.2) is 13.9 Å². The number of phosphoric ester groups is 1. The van der Waals surface area contributed by atoms with Gasteiger partial charge in [-0.15, -0.1) is 0 Å². The number of carbonyl (C=O) groups is 3. The highest BCUT2D eigenvalue weighted by Crippen LogP contribution is 2.60. The van der Waals surface area contributed by atoms with Gasteiger partial charge in [0.1, 0.15) is 6.61 Å². The molecule has 0 aromatic rings. The smallest absolute Gasteiger partial charge is 0.481 e. The van der Waals surface area contributed by atoms with Crippen molar-refractivity contribution < 1.29 is 62.0 Å². The van der Waals surface area contributed by atoms with E-state index in [1.165, 1.54) is 0 Å². The molecule has 14 nitrogen and oxygen atoms in total. The van der Waals surface area contributed by atoms with Gasteiger partial charge in [0.2, 0.25) is 0 Å². The van der Waals surface area contributed by atoms with Gasteiger partial charge >= 0.3 is 33.6 Å². The second kappa shape index (κ2) is 9.02. The monoisotopic (exact) mass is 405 g/mol. The van der Waals surface area contributed by atoms with Crippen LogP contribution >= 0.6 is 15.6 Å². The second-order valence-electron chi connectivity index (χ2n) is 4.31. The lowest BCUT2D eigenvalue weighted by atomic mass is 9.96. The molecule has 25 heavy (non-hydrogen) atoms. The molecule has 0 aliphatic rings. The summed E-state index contributed by atoms with van der Waals surface area (Å²) in [4.78, 5) is 59.9. The lowest BCUT2D eigenvalue weighted by Crippen LogP contribution is -2.45. The Balaban J connectivity index is 5.59. The van der Waals surface area contributed by atoms with Crippen molar-refractivity contribution in [1.82, 2.24) is 0 Å². The van der Waals surface area contributed by atoms with Gasteiger partial charge < -0.3 is 29.6 Å². The number of carboxylic acids is 2. The van der Waals surface area contributed by atoms with Crippen LogP contribution in [0.3, 0.4) is 0 Å². The standard InChI is InChI=1S/C9H13NO13P2/c10-2-1-3-21-7(13)5-9(8(14)15,4-6(11)12)22-25(19,20)23-24(16,17)18/h1,3-5H2,(H,11,12)(H,14,15)(H,19,20)(H2,16,17,18). The van der Waals surface area contributed by atoms with Crippen LogP contribution < -0.4 is 0 Å². The molecule has 0 spiro atoms. The molecule has 0 fully saturated rings. The first-order valence-electron chi connectivity index (χ1n) is 6.01. The summed E-state index contributed by atoms with van der Waals surface area (Å²) in [6.07, 6.45) is -3.24. The van der Waals surface area contributed by atoms with Crippen LogP contribution in [-0.2, 0) is 37.1 Å². The molecule has 5 N–H and O–H groups in total. The fourth-order valence-electron chi connectivity index (χ4n) is 1.43. The van der Waals surface area contributed by atoms with Crippen molar-refractivity contribution in [3.63, 3.8) is 0 Å². The number of carboxylic acid groups (broad SMARTS) is 2. The summed E-state index contributed by atoms with van der Waals surface area (Å²) >= 11 is 0. The van der Waals surface area contributed by atoms with E-state index in [-0.39, 0.29) is 6.42 Å². The molecular formula is C9H13NO13P2. The molecule has 0 aromatic carbocycles. The number of nitriles is 1. The van der Waals surface area contributed by atoms with Crippen LogP contribution in [0.25, 0.3) is 0 Å². The first-order chi connectivity index (χ1) is 11.2. The molecule has 0 aliphatic heterocycles. The third kappa shape index (κ3) is 9.28. The summed E-state index contributed by atoms with van der Waals surface area (Å²) in [6.45, 7) is -0.478. The molecule has 2 atom stereocenters. The van der Waals surface area contributed by atoms with Crippen molar-refractivity contribution in [2.24, 2.45) is 0 Å². The number of nitrogens with zero attached hydrogens (tertiary/aromatic N) is 1. The van der Waals surface area contributed by atoms with E-state index in [4.69, 9.17) is 25.3 Å². The van der Waals surface area contributed by atoms with Gasteiger partial charge in [0.05, 0.1) is 25.3 Å². The van der Waals surface area contributed by atoms with Gasteiger partial charge in [-0.1, -0.05) is 0 Å². The molecule has 0 saturated carbocycles. The third-order valence-electron chi connectivity index (χ3n) is 2.23. The number of hydrogen-bond acceptors (Lipinski definition) is 9. The average molecular weight is 405 g/mol. The van der Waals surface area contributed by atoms with Crippen molar-refractivity contribution in [2.45, 2.75) is 24.9 Å². The minimum atomic E-state index is -5.80. The summed E-state index contributed by atoms with van der Waals surface area (Å²) in [6, 6.07) is 1.59. The maximum Gasteiger partial charge on any atom is 0.482 e. The Morgan fingerprint density at radius 3 is 2.04 bits per heavy atom. The molecule has 0 bridgehead atoms. The van der Waals surface area contributed by atoms with Crippen LogP contribution in [0.2, 0.25) is 0 Å². The van der Waals surface area contributed by atoms with E-state index < -0.39 is 58.6 Å². The van der Waals surface area contributed by atoms with Crippen LogP contribution in [0.1, 0.15) is 19.3 Å². The number of rotatable bonds is 11. The first kappa shape index (κ1) is 23.2. The molecular weight excluding hydrogens is 392 g/mol. The minimum Gasteiger partial charge on any atom is -0.481 e. The number of esters is 1. The predicted molar refractivity (Wildman–Crippen MR) is 72.5 cm³/mol. The molecule has 0 amide bonds. The Labute approximate surface area is 139 Å². The Morgan fingerprint density at radius 1 is 1.08 bits per heavy atom. The number of phosphoric acid groups is 2. The second-order valence-corrected chi connectivity index (χ2v) is 7.06. The van der Waals surface area contributed by atoms with Crippen molar-refractivity contribution in [3.8, 4) is 6.07 Å². The highest BCUT2D eigenvalue weighted by atomic mass is 31.3. The van der Waals surface area contributed by atoms with Gasteiger partial charge in [-0.2, -0.15) is 9.57 Å². The molecule has 0 aromatic heterocycles. The van der Waals surface area contributed by atoms with Crippen LogP contribution in [0.15, 0.2) is 0 Å². The quantitative estimate of drug-likeness (QED) is 0.163. The number of ether oxygens (including phenoxy) is 1. The van der Waals surface area contributed by atoms with Crippen molar-refractivity contribution in [2.75, 3.05) is 6.61 Å². The number of hydrogen-bond donors (Lipinski definition) is 5. The normalized spacial score (nSPS) is 16.1. The Morgan fingerprint density at radius 2 is 1.64 bits per heavy atom. The van der Waals surface area contributed by atoms with E-state index in [0.29, 0.717) is 0 Å². The van der Waals surface area contributed by atoms with Crippen LogP contribution in [0.5, 0.6) is 0 Å². The third-order valence-corrected chi connectivity index (χ3v) is 4.49. The molecule has 0 rings (SSSR count). The van der Waals surface area contributed by atoms with Crippen molar-refractivity contribution >= 4 is 33.6 Å². The SMILES string of the molecule is N#CCCOC(=O)CC(CC(=O)O)(OP(=O)(O)OP(=O)(O)O)C(=O)O. The number of aliphatic carboxylic acids is 2. The molecule has 0 saturated heterocycles. The molecule has 0 aliphatic carbocycles. The molecule has 2 unspecified atom stereocenters. The predicted octanol–water partition coefficient (Wildman–Crippen LogP) is -0.642. The summed E-state index contributed by atoms with van der Waals surface area (Å²) in [5.41, 5.74) is -3.23. The fraction of sp³-hybridized carbons (Fsp3) is 0.556. The van der Waals surface area contributed by atoms with E-state index in [9.17, 15) is 28.4 Å². The lowest BCUT2D eigenvalue weighted by Gasteiger charge is -2.28. The molecule has 0 radical (unpaired) electrons. The number of carbonyl (C=O) groups excluding carboxylic acids is 1. The zero-order chi connectivity index (χ0) is 19.9. The van der Waals surface area contributed by atoms with E-state index in [2.05, 4.69) is 13.6 Å². The van der Waals surface area contributed by atoms with E-state index in [1.807, 2.05) is 0 Å². The largest absolute Gasteiger partial charge is 0.482 e. The van der Waals surface area contributed by atoms with Gasteiger partial charge in [0.15, 0.2) is 5.60 Å². The van der Waals surface area contributed by atoms with Crippen LogP contribution in [0.4, 0.5) is 0 Å².